The van der Waals surface area contributed by atoms with Crippen molar-refractivity contribution in [2.24, 2.45) is 22.7 Å². The Morgan fingerprint density at radius 3 is 1.34 bits per heavy atom. The molecule has 4 atom stereocenters. The van der Waals surface area contributed by atoms with Crippen molar-refractivity contribution in [2.45, 2.75) is 26.7 Å². The Labute approximate surface area is 361 Å². The van der Waals surface area contributed by atoms with Crippen molar-refractivity contribution >= 4 is 69.8 Å². The Morgan fingerprint density at radius 1 is 0.597 bits per heavy atom. The van der Waals surface area contributed by atoms with Crippen molar-refractivity contribution in [1.29, 1.82) is 0 Å². The Morgan fingerprint density at radius 2 is 1.00 bits per heavy atom. The molecule has 62 heavy (non-hydrogen) atoms. The topological polar surface area (TPSA) is 186 Å². The zero-order valence-electron chi connectivity index (χ0n) is 32.9. The van der Waals surface area contributed by atoms with Crippen LogP contribution in [0, 0.1) is 34.3 Å². The molecule has 4 amide bonds. The van der Waals surface area contributed by atoms with Gasteiger partial charge in [-0.15, -0.1) is 0 Å². The molecule has 0 spiro atoms. The average molecular weight is 882 g/mol. The number of carbonyl (C=O) groups is 4. The summed E-state index contributed by atoms with van der Waals surface area (Å²) in [5, 5.41) is 11.3. The molecule has 2 fully saturated rings. The van der Waals surface area contributed by atoms with Gasteiger partial charge in [0.1, 0.15) is 23.3 Å². The van der Waals surface area contributed by atoms with Gasteiger partial charge >= 0.3 is 0 Å². The third-order valence-electron chi connectivity index (χ3n) is 10.7. The molecule has 2 aliphatic carbocycles. The Bertz CT molecular complexity index is 2650. The molecule has 2 aromatic carbocycles. The minimum absolute atomic E-state index is 0.0237. The van der Waals surface area contributed by atoms with E-state index in [9.17, 15) is 37.5 Å². The lowest BCUT2D eigenvalue weighted by molar-refractivity contribution is -0.125. The first-order valence-corrected chi connectivity index (χ1v) is 19.7. The van der Waals surface area contributed by atoms with E-state index in [1.807, 2.05) is 0 Å². The maximum atomic E-state index is 14.6. The van der Waals surface area contributed by atoms with E-state index in [-0.39, 0.29) is 34.3 Å². The van der Waals surface area contributed by atoms with Crippen LogP contribution in [-0.2, 0) is 19.2 Å². The summed E-state index contributed by atoms with van der Waals surface area (Å²) in [6.45, 7) is 3.30. The molecule has 8 rings (SSSR count). The molecule has 0 saturated heterocycles. The number of aromatic nitrogens is 4. The number of nitrogens with one attached hydrogen (secondary N) is 4. The summed E-state index contributed by atoms with van der Waals surface area (Å²) in [4.78, 5) is 82.2. The van der Waals surface area contributed by atoms with E-state index in [1.165, 1.54) is 82.5 Å². The first-order valence-electron chi connectivity index (χ1n) is 19.0. The third-order valence-corrected chi connectivity index (χ3v) is 11.2. The van der Waals surface area contributed by atoms with Crippen molar-refractivity contribution in [2.75, 3.05) is 21.3 Å². The van der Waals surface area contributed by atoms with Crippen LogP contribution in [0.3, 0.4) is 0 Å². The van der Waals surface area contributed by atoms with Crippen LogP contribution in [0.5, 0.6) is 0 Å². The molecule has 6 aromatic rings. The molecule has 2 saturated carbocycles. The third kappa shape index (κ3) is 9.46. The minimum Gasteiger partial charge on any atom is -0.323 e. The van der Waals surface area contributed by atoms with Crippen LogP contribution in [0.25, 0.3) is 11.4 Å². The maximum Gasteiger partial charge on any atom is 0.255 e. The first-order chi connectivity index (χ1) is 29.5. The van der Waals surface area contributed by atoms with Crippen LogP contribution >= 0.6 is 23.2 Å². The molecule has 0 unspecified atom stereocenters. The number of benzene rings is 2. The monoisotopic (exact) mass is 880 g/mol. The number of hydrogen-bond acceptors (Lipinski definition) is 8. The fourth-order valence-electron chi connectivity index (χ4n) is 6.64. The highest BCUT2D eigenvalue weighted by Gasteiger charge is 2.61. The van der Waals surface area contributed by atoms with Crippen LogP contribution in [0.4, 0.5) is 31.8 Å². The average Bonchev–Trinajstić information content (AvgIpc) is 4.16. The molecule has 4 aromatic heterocycles. The van der Waals surface area contributed by atoms with Crippen molar-refractivity contribution in [3.8, 4) is 11.4 Å². The summed E-state index contributed by atoms with van der Waals surface area (Å²) in [6, 6.07) is 23.7. The van der Waals surface area contributed by atoms with Gasteiger partial charge in [-0.2, -0.15) is 0 Å². The minimum atomic E-state index is -0.960. The van der Waals surface area contributed by atoms with Gasteiger partial charge in [-0.3, -0.25) is 37.9 Å². The second-order valence-corrected chi connectivity index (χ2v) is 16.0. The number of rotatable bonds is 10. The number of nitrogens with zero attached hydrogens (tertiary/aromatic N) is 4. The predicted octanol–water partition coefficient (Wildman–Crippen LogP) is 7.26. The number of carbonyl (C=O) groups excluding carboxylic acids is 4. The Kier molecular flexibility index (Phi) is 12.2. The SMILES string of the molecule is C[C@@]1(C(=O)Nc2ccc(-n3ccccc3=O)cc2F)C[C@@H]1C(=O)Nc1ccc(Cl)cn1.C[C@]1(C(=O)Nc2ccc(-n3ccccc3=O)cc2F)C[C@H]1C(=O)Nc1ccc(Cl)cn1. The summed E-state index contributed by atoms with van der Waals surface area (Å²) >= 11 is 11.6. The summed E-state index contributed by atoms with van der Waals surface area (Å²) in [6.07, 6.45) is 6.53. The first kappa shape index (κ1) is 43.1. The molecule has 316 valence electrons. The van der Waals surface area contributed by atoms with Gasteiger partial charge in [-0.05, 0) is 87.4 Å². The molecule has 18 heteroatoms. The molecule has 0 bridgehead atoms. The van der Waals surface area contributed by atoms with Gasteiger partial charge in [0.25, 0.3) is 11.1 Å². The standard InChI is InChI=1S/2C22H18ClFN4O3/c2*1-22(11-15(22)20(30)27-18-8-5-13(23)12-25-18)21(31)26-17-7-6-14(10-16(17)24)28-9-3-2-4-19(28)29/h2*2-10,12,15H,11H2,1H3,(H,26,31)(H,25,27,30)/t2*15-,22-/m10/s1. The van der Waals surface area contributed by atoms with Gasteiger partial charge in [0.2, 0.25) is 23.6 Å². The zero-order valence-corrected chi connectivity index (χ0v) is 34.4. The number of pyridine rings is 4. The highest BCUT2D eigenvalue weighted by atomic mass is 35.5. The van der Waals surface area contributed by atoms with Crippen LogP contribution < -0.4 is 32.4 Å². The molecular weight excluding hydrogens is 845 g/mol. The Hall–Kier alpha value is -7.04. The molecule has 4 N–H and O–H groups in total. The molecule has 4 heterocycles. The summed E-state index contributed by atoms with van der Waals surface area (Å²) in [5.41, 5.74) is -1.89. The summed E-state index contributed by atoms with van der Waals surface area (Å²) in [5.74, 6) is -3.41. The van der Waals surface area contributed by atoms with E-state index in [0.717, 1.165) is 0 Å². The molecular formula is C44H36Cl2F2N8O6. The predicted molar refractivity (Wildman–Crippen MR) is 229 cm³/mol. The van der Waals surface area contributed by atoms with Gasteiger partial charge in [-0.25, -0.2) is 18.7 Å². The lowest BCUT2D eigenvalue weighted by Gasteiger charge is -2.14. The molecule has 2 aliphatic rings. The lowest BCUT2D eigenvalue weighted by Crippen LogP contribution is -2.28. The van der Waals surface area contributed by atoms with Gasteiger partial charge < -0.3 is 21.3 Å². The molecule has 0 radical (unpaired) electrons. The zero-order chi connectivity index (χ0) is 44.3. The fourth-order valence-corrected chi connectivity index (χ4v) is 6.87. The van der Waals surface area contributed by atoms with E-state index in [0.29, 0.717) is 45.9 Å². The van der Waals surface area contributed by atoms with Crippen LogP contribution in [0.2, 0.25) is 10.0 Å². The smallest absolute Gasteiger partial charge is 0.255 e. The van der Waals surface area contributed by atoms with Crippen LogP contribution in [0.15, 0.2) is 131 Å². The lowest BCUT2D eigenvalue weighted by atomic mass is 10.0. The highest BCUT2D eigenvalue weighted by Crippen LogP contribution is 2.54. The van der Waals surface area contributed by atoms with E-state index in [4.69, 9.17) is 23.2 Å². The molecule has 14 nitrogen and oxygen atoms in total. The normalized spacial score (nSPS) is 19.5. The van der Waals surface area contributed by atoms with Gasteiger partial charge in [0.05, 0.1) is 55.5 Å². The van der Waals surface area contributed by atoms with Gasteiger partial charge in [0.15, 0.2) is 0 Å². The van der Waals surface area contributed by atoms with Crippen molar-refractivity contribution < 1.29 is 28.0 Å². The van der Waals surface area contributed by atoms with E-state index >= 15 is 0 Å². The van der Waals surface area contributed by atoms with Crippen molar-refractivity contribution in [3.63, 3.8) is 0 Å². The summed E-state index contributed by atoms with van der Waals surface area (Å²) in [7, 11) is 0. The highest BCUT2D eigenvalue weighted by molar-refractivity contribution is 6.30. The summed E-state index contributed by atoms with van der Waals surface area (Å²) < 4.78 is 31.8. The number of amides is 4. The fraction of sp³-hybridized carbons (Fsp3) is 0.182. The van der Waals surface area contributed by atoms with Gasteiger partial charge in [0, 0.05) is 49.1 Å². The van der Waals surface area contributed by atoms with E-state index in [2.05, 4.69) is 31.2 Å². The number of halogens is 4. The second kappa shape index (κ2) is 17.5. The van der Waals surface area contributed by atoms with Gasteiger partial charge in [-0.1, -0.05) is 35.3 Å². The van der Waals surface area contributed by atoms with Crippen molar-refractivity contribution in [1.82, 2.24) is 19.1 Å². The maximum absolute atomic E-state index is 14.6. The van der Waals surface area contributed by atoms with Crippen molar-refractivity contribution in [3.05, 3.63) is 164 Å². The van der Waals surface area contributed by atoms with Crippen LogP contribution in [0.1, 0.15) is 26.7 Å². The molecule has 0 aliphatic heterocycles. The van der Waals surface area contributed by atoms with E-state index < -0.39 is 46.1 Å². The quantitative estimate of drug-likeness (QED) is 0.111. The largest absolute Gasteiger partial charge is 0.323 e. The second-order valence-electron chi connectivity index (χ2n) is 15.1. The number of hydrogen-bond donors (Lipinski definition) is 4. The number of anilines is 4. The van der Waals surface area contributed by atoms with E-state index in [1.54, 1.807) is 62.4 Å². The Balaban J connectivity index is 0.000000186. The van der Waals surface area contributed by atoms with Crippen LogP contribution in [-0.4, -0.2) is 42.7 Å².